The van der Waals surface area contributed by atoms with E-state index in [2.05, 4.69) is 4.98 Å². The lowest BCUT2D eigenvalue weighted by atomic mass is 10.1. The number of ketones is 1. The van der Waals surface area contributed by atoms with E-state index in [1.165, 1.54) is 6.20 Å². The molecule has 0 saturated heterocycles. The first kappa shape index (κ1) is 14.8. The van der Waals surface area contributed by atoms with Crippen molar-refractivity contribution >= 4 is 29.0 Å². The molecule has 1 aromatic heterocycles. The zero-order chi connectivity index (χ0) is 14.7. The van der Waals surface area contributed by atoms with Crippen LogP contribution in [-0.2, 0) is 0 Å². The summed E-state index contributed by atoms with van der Waals surface area (Å²) < 4.78 is 5.52. The fraction of sp³-hybridized carbons (Fsp3) is 0.200. The molecule has 104 valence electrons. The molecule has 0 saturated carbocycles. The summed E-state index contributed by atoms with van der Waals surface area (Å²) in [7, 11) is 0. The SMILES string of the molecule is CC(C)Oc1cncc(C(=O)c2cc(Cl)cc(Cl)c2)c1. The van der Waals surface area contributed by atoms with Crippen LogP contribution in [0.2, 0.25) is 10.0 Å². The van der Waals surface area contributed by atoms with E-state index in [1.54, 1.807) is 30.5 Å². The first-order valence-electron chi connectivity index (χ1n) is 6.08. The topological polar surface area (TPSA) is 39.2 Å². The van der Waals surface area contributed by atoms with Gasteiger partial charge in [0, 0.05) is 27.4 Å². The summed E-state index contributed by atoms with van der Waals surface area (Å²) in [4.78, 5) is 16.4. The van der Waals surface area contributed by atoms with Crippen LogP contribution in [0, 0.1) is 0 Å². The van der Waals surface area contributed by atoms with Crippen molar-refractivity contribution in [2.24, 2.45) is 0 Å². The summed E-state index contributed by atoms with van der Waals surface area (Å²) in [6, 6.07) is 6.39. The normalized spacial score (nSPS) is 10.7. The van der Waals surface area contributed by atoms with Gasteiger partial charge in [-0.25, -0.2) is 0 Å². The van der Waals surface area contributed by atoms with Crippen LogP contribution in [0.1, 0.15) is 29.8 Å². The third kappa shape index (κ3) is 3.71. The van der Waals surface area contributed by atoms with Gasteiger partial charge in [0.05, 0.1) is 12.3 Å². The maximum atomic E-state index is 12.4. The lowest BCUT2D eigenvalue weighted by Crippen LogP contribution is -2.08. The van der Waals surface area contributed by atoms with E-state index in [1.807, 2.05) is 13.8 Å². The molecule has 0 atom stereocenters. The Labute approximate surface area is 127 Å². The largest absolute Gasteiger partial charge is 0.489 e. The number of rotatable bonds is 4. The van der Waals surface area contributed by atoms with Crippen LogP contribution in [0.25, 0.3) is 0 Å². The van der Waals surface area contributed by atoms with Crippen molar-refractivity contribution in [2.75, 3.05) is 0 Å². The van der Waals surface area contributed by atoms with E-state index in [4.69, 9.17) is 27.9 Å². The number of benzene rings is 1. The predicted molar refractivity (Wildman–Crippen MR) is 79.9 cm³/mol. The highest BCUT2D eigenvalue weighted by Crippen LogP contribution is 2.22. The van der Waals surface area contributed by atoms with E-state index in [0.29, 0.717) is 26.9 Å². The predicted octanol–water partition coefficient (Wildman–Crippen LogP) is 4.41. The second kappa shape index (κ2) is 6.25. The third-order valence-corrected chi connectivity index (χ3v) is 2.91. The van der Waals surface area contributed by atoms with Crippen molar-refractivity contribution in [3.05, 3.63) is 57.8 Å². The summed E-state index contributed by atoms with van der Waals surface area (Å²) in [5.74, 6) is 0.357. The minimum absolute atomic E-state index is 0.0165. The number of hydrogen-bond donors (Lipinski definition) is 0. The molecule has 0 aliphatic carbocycles. The molecule has 0 radical (unpaired) electrons. The Kier molecular flexibility index (Phi) is 4.63. The molecule has 3 nitrogen and oxygen atoms in total. The number of hydrogen-bond acceptors (Lipinski definition) is 3. The Morgan fingerprint density at radius 3 is 2.30 bits per heavy atom. The van der Waals surface area contributed by atoms with Crippen molar-refractivity contribution in [1.82, 2.24) is 4.98 Å². The van der Waals surface area contributed by atoms with E-state index in [0.717, 1.165) is 0 Å². The summed E-state index contributed by atoms with van der Waals surface area (Å²) in [5, 5.41) is 0.840. The van der Waals surface area contributed by atoms with Gasteiger partial charge in [-0.2, -0.15) is 0 Å². The zero-order valence-electron chi connectivity index (χ0n) is 11.1. The van der Waals surface area contributed by atoms with E-state index < -0.39 is 0 Å². The monoisotopic (exact) mass is 309 g/mol. The molecule has 0 aliphatic rings. The van der Waals surface area contributed by atoms with Gasteiger partial charge >= 0.3 is 0 Å². The number of halogens is 2. The Bertz CT molecular complexity index is 621. The number of carbonyl (C=O) groups is 1. The minimum Gasteiger partial charge on any atom is -0.489 e. The molecule has 20 heavy (non-hydrogen) atoms. The summed E-state index contributed by atoms with van der Waals surface area (Å²) in [6.45, 7) is 3.82. The molecule has 0 spiro atoms. The molecule has 0 amide bonds. The zero-order valence-corrected chi connectivity index (χ0v) is 12.6. The summed E-state index contributed by atoms with van der Waals surface area (Å²) in [6.07, 6.45) is 3.08. The van der Waals surface area contributed by atoms with Gasteiger partial charge in [0.2, 0.25) is 0 Å². The highest BCUT2D eigenvalue weighted by atomic mass is 35.5. The smallest absolute Gasteiger partial charge is 0.194 e. The van der Waals surface area contributed by atoms with Gasteiger partial charge in [-0.1, -0.05) is 23.2 Å². The Morgan fingerprint density at radius 1 is 1.05 bits per heavy atom. The van der Waals surface area contributed by atoms with Gasteiger partial charge in [0.25, 0.3) is 0 Å². The van der Waals surface area contributed by atoms with Gasteiger partial charge in [-0.15, -0.1) is 0 Å². The van der Waals surface area contributed by atoms with E-state index >= 15 is 0 Å². The van der Waals surface area contributed by atoms with Crippen molar-refractivity contribution in [3.63, 3.8) is 0 Å². The highest BCUT2D eigenvalue weighted by molar-refractivity contribution is 6.35. The molecule has 0 aliphatic heterocycles. The number of aromatic nitrogens is 1. The van der Waals surface area contributed by atoms with Crippen molar-refractivity contribution in [3.8, 4) is 5.75 Å². The van der Waals surface area contributed by atoms with Crippen LogP contribution < -0.4 is 4.74 Å². The second-order valence-corrected chi connectivity index (χ2v) is 5.44. The molecule has 0 bridgehead atoms. The quantitative estimate of drug-likeness (QED) is 0.785. The minimum atomic E-state index is -0.198. The first-order valence-corrected chi connectivity index (χ1v) is 6.84. The van der Waals surface area contributed by atoms with E-state index in [9.17, 15) is 4.79 Å². The van der Waals surface area contributed by atoms with Crippen molar-refractivity contribution in [2.45, 2.75) is 20.0 Å². The first-order chi connectivity index (χ1) is 9.45. The average molecular weight is 310 g/mol. The van der Waals surface area contributed by atoms with Crippen LogP contribution in [0.3, 0.4) is 0 Å². The van der Waals surface area contributed by atoms with Gasteiger partial charge in [-0.05, 0) is 38.1 Å². The summed E-state index contributed by atoms with van der Waals surface area (Å²) in [5.41, 5.74) is 0.854. The standard InChI is InChI=1S/C15H13Cl2NO2/c1-9(2)20-14-5-11(7-18-8-14)15(19)10-3-12(16)6-13(17)4-10/h3-9H,1-2H3. The van der Waals surface area contributed by atoms with Crippen LogP contribution in [0.5, 0.6) is 5.75 Å². The Morgan fingerprint density at radius 2 is 1.70 bits per heavy atom. The lowest BCUT2D eigenvalue weighted by molar-refractivity contribution is 0.103. The molecule has 2 aromatic rings. The molecule has 0 unspecified atom stereocenters. The van der Waals surface area contributed by atoms with Gasteiger partial charge in [-0.3, -0.25) is 9.78 Å². The van der Waals surface area contributed by atoms with E-state index in [-0.39, 0.29) is 11.9 Å². The number of nitrogens with zero attached hydrogens (tertiary/aromatic N) is 1. The van der Waals surface area contributed by atoms with Crippen LogP contribution >= 0.6 is 23.2 Å². The Hall–Kier alpha value is -1.58. The van der Waals surface area contributed by atoms with Crippen LogP contribution in [0.4, 0.5) is 0 Å². The fourth-order valence-corrected chi connectivity index (χ4v) is 2.26. The molecule has 2 rings (SSSR count). The molecular weight excluding hydrogens is 297 g/mol. The molecule has 0 N–H and O–H groups in total. The van der Waals surface area contributed by atoms with Gasteiger partial charge in [0.15, 0.2) is 5.78 Å². The summed E-state index contributed by atoms with van der Waals surface area (Å²) >= 11 is 11.8. The van der Waals surface area contributed by atoms with Crippen molar-refractivity contribution < 1.29 is 9.53 Å². The number of pyridine rings is 1. The average Bonchev–Trinajstić information content (AvgIpc) is 2.36. The van der Waals surface area contributed by atoms with Gasteiger partial charge < -0.3 is 4.74 Å². The second-order valence-electron chi connectivity index (χ2n) is 4.56. The maximum absolute atomic E-state index is 12.4. The number of ether oxygens (including phenoxy) is 1. The molecule has 1 heterocycles. The fourth-order valence-electron chi connectivity index (χ4n) is 1.73. The van der Waals surface area contributed by atoms with Crippen molar-refractivity contribution in [1.29, 1.82) is 0 Å². The van der Waals surface area contributed by atoms with Gasteiger partial charge in [0.1, 0.15) is 5.75 Å². The molecule has 5 heteroatoms. The van der Waals surface area contributed by atoms with Crippen LogP contribution in [-0.4, -0.2) is 16.9 Å². The molecular formula is C15H13Cl2NO2. The third-order valence-electron chi connectivity index (χ3n) is 2.47. The molecule has 1 aromatic carbocycles. The lowest BCUT2D eigenvalue weighted by Gasteiger charge is -2.10. The number of carbonyl (C=O) groups excluding carboxylic acids is 1. The molecule has 0 fully saturated rings. The maximum Gasteiger partial charge on any atom is 0.194 e. The Balaban J connectivity index is 2.33. The van der Waals surface area contributed by atoms with Crippen LogP contribution in [0.15, 0.2) is 36.7 Å². The highest BCUT2D eigenvalue weighted by Gasteiger charge is 2.12.